The molecule has 0 heterocycles. The van der Waals surface area contributed by atoms with Crippen molar-refractivity contribution in [3.63, 3.8) is 0 Å². The minimum atomic E-state index is -1.05. The van der Waals surface area contributed by atoms with Gasteiger partial charge in [-0.05, 0) is 32.6 Å². The van der Waals surface area contributed by atoms with Gasteiger partial charge in [0.05, 0.1) is 6.10 Å². The van der Waals surface area contributed by atoms with Crippen molar-refractivity contribution in [2.75, 3.05) is 0 Å². The summed E-state index contributed by atoms with van der Waals surface area (Å²) in [5, 5.41) is 29.9. The molecule has 1 unspecified atom stereocenters. The SMILES string of the molecule is CC#CC(O)(CC=C[C@H]1[C@H](O)CC(=O)[C@@H]1CCCCCCC(=O)O)CCCCCC. The number of carboxylic acids is 1. The molecular formula is C25H40O5. The fourth-order valence-electron chi connectivity index (χ4n) is 4.30. The van der Waals surface area contributed by atoms with Crippen molar-refractivity contribution >= 4 is 11.8 Å². The number of carbonyl (C=O) groups excluding carboxylic acids is 1. The largest absolute Gasteiger partial charge is 0.481 e. The molecule has 1 aliphatic rings. The van der Waals surface area contributed by atoms with Gasteiger partial charge in [0, 0.05) is 31.1 Å². The van der Waals surface area contributed by atoms with Crippen molar-refractivity contribution < 1.29 is 24.9 Å². The molecule has 1 rings (SSSR count). The van der Waals surface area contributed by atoms with E-state index in [9.17, 15) is 19.8 Å². The highest BCUT2D eigenvalue weighted by Crippen LogP contribution is 2.34. The quantitative estimate of drug-likeness (QED) is 0.204. The highest BCUT2D eigenvalue weighted by Gasteiger charge is 2.39. The summed E-state index contributed by atoms with van der Waals surface area (Å²) >= 11 is 0. The van der Waals surface area contributed by atoms with Gasteiger partial charge in [0.25, 0.3) is 0 Å². The van der Waals surface area contributed by atoms with Crippen molar-refractivity contribution in [1.82, 2.24) is 0 Å². The number of aliphatic carboxylic acids is 1. The van der Waals surface area contributed by atoms with E-state index in [4.69, 9.17) is 5.11 Å². The Morgan fingerprint density at radius 2 is 1.87 bits per heavy atom. The van der Waals surface area contributed by atoms with Gasteiger partial charge in [-0.15, -0.1) is 5.92 Å². The van der Waals surface area contributed by atoms with E-state index in [0.29, 0.717) is 25.7 Å². The Labute approximate surface area is 182 Å². The zero-order chi connectivity index (χ0) is 22.4. The van der Waals surface area contributed by atoms with E-state index < -0.39 is 17.7 Å². The van der Waals surface area contributed by atoms with Crippen LogP contribution in [0.1, 0.15) is 97.3 Å². The van der Waals surface area contributed by atoms with Crippen LogP contribution in [0, 0.1) is 23.7 Å². The van der Waals surface area contributed by atoms with Crippen molar-refractivity contribution in [2.45, 2.75) is 109 Å². The van der Waals surface area contributed by atoms with Crippen LogP contribution in [0.5, 0.6) is 0 Å². The lowest BCUT2D eigenvalue weighted by Gasteiger charge is -2.22. The number of hydrogen-bond donors (Lipinski definition) is 3. The Bertz CT molecular complexity index is 615. The molecule has 0 aromatic heterocycles. The fraction of sp³-hybridized carbons (Fsp3) is 0.760. The molecule has 1 fully saturated rings. The van der Waals surface area contributed by atoms with Gasteiger partial charge in [-0.2, -0.15) is 0 Å². The van der Waals surface area contributed by atoms with Crippen LogP contribution in [0.15, 0.2) is 12.2 Å². The van der Waals surface area contributed by atoms with Crippen LogP contribution in [0.3, 0.4) is 0 Å². The first kappa shape index (κ1) is 26.4. The van der Waals surface area contributed by atoms with Gasteiger partial charge in [-0.25, -0.2) is 0 Å². The maximum absolute atomic E-state index is 12.3. The molecular weight excluding hydrogens is 380 g/mol. The van der Waals surface area contributed by atoms with Crippen molar-refractivity contribution in [1.29, 1.82) is 0 Å². The van der Waals surface area contributed by atoms with E-state index in [2.05, 4.69) is 18.8 Å². The van der Waals surface area contributed by atoms with Crippen LogP contribution in [0.4, 0.5) is 0 Å². The van der Waals surface area contributed by atoms with Gasteiger partial charge in [-0.3, -0.25) is 9.59 Å². The van der Waals surface area contributed by atoms with E-state index >= 15 is 0 Å². The summed E-state index contributed by atoms with van der Waals surface area (Å²) in [4.78, 5) is 22.9. The first-order chi connectivity index (χ1) is 14.3. The number of rotatable bonds is 15. The summed E-state index contributed by atoms with van der Waals surface area (Å²) in [6, 6.07) is 0. The molecule has 0 bridgehead atoms. The van der Waals surface area contributed by atoms with E-state index in [1.54, 1.807) is 6.92 Å². The lowest BCUT2D eigenvalue weighted by Crippen LogP contribution is -2.26. The monoisotopic (exact) mass is 420 g/mol. The summed E-state index contributed by atoms with van der Waals surface area (Å²) in [6.45, 7) is 3.88. The van der Waals surface area contributed by atoms with Crippen LogP contribution in [-0.2, 0) is 9.59 Å². The molecule has 0 radical (unpaired) electrons. The smallest absolute Gasteiger partial charge is 0.303 e. The number of unbranched alkanes of at least 4 members (excludes halogenated alkanes) is 6. The molecule has 170 valence electrons. The number of aliphatic hydroxyl groups is 2. The number of ketones is 1. The Hall–Kier alpha value is -1.64. The van der Waals surface area contributed by atoms with Crippen LogP contribution >= 0.6 is 0 Å². The Balaban J connectivity index is 2.56. The van der Waals surface area contributed by atoms with Gasteiger partial charge in [0.15, 0.2) is 0 Å². The molecule has 0 amide bonds. The van der Waals surface area contributed by atoms with Gasteiger partial charge >= 0.3 is 5.97 Å². The topological polar surface area (TPSA) is 94.8 Å². The summed E-state index contributed by atoms with van der Waals surface area (Å²) in [5.74, 6) is 4.70. The maximum atomic E-state index is 12.3. The number of carbonyl (C=O) groups is 2. The average molecular weight is 421 g/mol. The average Bonchev–Trinajstić information content (AvgIpc) is 2.95. The maximum Gasteiger partial charge on any atom is 0.303 e. The molecule has 3 N–H and O–H groups in total. The van der Waals surface area contributed by atoms with Crippen LogP contribution < -0.4 is 0 Å². The molecule has 0 spiro atoms. The van der Waals surface area contributed by atoms with Crippen LogP contribution in [0.2, 0.25) is 0 Å². The Morgan fingerprint density at radius 3 is 2.53 bits per heavy atom. The first-order valence-electron chi connectivity index (χ1n) is 11.6. The molecule has 5 nitrogen and oxygen atoms in total. The van der Waals surface area contributed by atoms with Gasteiger partial charge in [-0.1, -0.05) is 63.5 Å². The number of carboxylic acid groups (broad SMARTS) is 1. The van der Waals surface area contributed by atoms with Crippen molar-refractivity contribution in [3.05, 3.63) is 12.2 Å². The molecule has 0 aromatic rings. The third kappa shape index (κ3) is 9.91. The lowest BCUT2D eigenvalue weighted by molar-refractivity contribution is -0.137. The van der Waals surface area contributed by atoms with E-state index in [1.807, 2.05) is 12.2 Å². The number of aliphatic hydroxyl groups excluding tert-OH is 1. The number of hydrogen-bond acceptors (Lipinski definition) is 4. The predicted octanol–water partition coefficient (Wildman–Crippen LogP) is 4.65. The Kier molecular flexibility index (Phi) is 12.7. The van der Waals surface area contributed by atoms with Crippen LogP contribution in [0.25, 0.3) is 0 Å². The molecule has 1 aliphatic carbocycles. The minimum absolute atomic E-state index is 0.103. The molecule has 0 saturated heterocycles. The normalized spacial score (nSPS) is 23.3. The zero-order valence-electron chi connectivity index (χ0n) is 18.7. The minimum Gasteiger partial charge on any atom is -0.481 e. The highest BCUT2D eigenvalue weighted by atomic mass is 16.4. The molecule has 0 aliphatic heterocycles. The second-order valence-corrected chi connectivity index (χ2v) is 8.62. The molecule has 1 saturated carbocycles. The standard InChI is InChI=1S/C25H40O5/c1-3-5-6-11-17-25(30,16-4-2)18-12-14-21-20(22(26)19-23(21)27)13-9-7-8-10-15-24(28)29/h12,14,20-21,23,27,30H,3,5-11,13,15,17-19H2,1-2H3,(H,28,29)/t20-,21-,23-,25?/m1/s1. The van der Waals surface area contributed by atoms with Gasteiger partial charge in [0.2, 0.25) is 0 Å². The highest BCUT2D eigenvalue weighted by molar-refractivity contribution is 5.84. The van der Waals surface area contributed by atoms with Crippen LogP contribution in [-0.4, -0.2) is 38.8 Å². The second kappa shape index (κ2) is 14.4. The zero-order valence-corrected chi connectivity index (χ0v) is 18.7. The first-order valence-corrected chi connectivity index (χ1v) is 11.6. The number of Topliss-reactive ketones (excluding diaryl/α,β-unsaturated/α-hetero) is 1. The molecule has 4 atom stereocenters. The van der Waals surface area contributed by atoms with Crippen molar-refractivity contribution in [3.8, 4) is 11.8 Å². The summed E-state index contributed by atoms with van der Waals surface area (Å²) in [7, 11) is 0. The Morgan fingerprint density at radius 1 is 1.17 bits per heavy atom. The summed E-state index contributed by atoms with van der Waals surface area (Å²) < 4.78 is 0. The van der Waals surface area contributed by atoms with E-state index in [-0.39, 0.29) is 30.5 Å². The third-order valence-corrected chi connectivity index (χ3v) is 6.00. The second-order valence-electron chi connectivity index (χ2n) is 8.62. The van der Waals surface area contributed by atoms with Gasteiger partial charge in [0.1, 0.15) is 11.4 Å². The van der Waals surface area contributed by atoms with Gasteiger partial charge < -0.3 is 15.3 Å². The fourth-order valence-corrected chi connectivity index (χ4v) is 4.30. The van der Waals surface area contributed by atoms with E-state index in [0.717, 1.165) is 44.9 Å². The summed E-state index contributed by atoms with van der Waals surface area (Å²) in [6.07, 6.45) is 12.8. The summed E-state index contributed by atoms with van der Waals surface area (Å²) in [5.41, 5.74) is -1.05. The molecule has 30 heavy (non-hydrogen) atoms. The predicted molar refractivity (Wildman–Crippen MR) is 119 cm³/mol. The third-order valence-electron chi connectivity index (χ3n) is 6.00. The van der Waals surface area contributed by atoms with Crippen molar-refractivity contribution in [2.24, 2.45) is 11.8 Å². The lowest BCUT2D eigenvalue weighted by atomic mass is 9.87. The molecule has 5 heteroatoms. The molecule has 0 aromatic carbocycles. The van der Waals surface area contributed by atoms with E-state index in [1.165, 1.54) is 0 Å².